The number of thiazole rings is 1. The number of nitrogens with zero attached hydrogens (tertiary/aromatic N) is 3. The largest absolute Gasteiger partial charge is 0.468 e. The first-order chi connectivity index (χ1) is 15.9. The Morgan fingerprint density at radius 3 is 2.33 bits per heavy atom. The third-order valence-corrected chi connectivity index (χ3v) is 8.58. The number of carbonyl (C=O) groups is 2. The van der Waals surface area contributed by atoms with Crippen LogP contribution in [-0.4, -0.2) is 49.4 Å². The topological polar surface area (TPSA) is 98.0 Å². The van der Waals surface area contributed by atoms with Crippen molar-refractivity contribution >= 4 is 43.5 Å². The molecule has 1 saturated heterocycles. The van der Waals surface area contributed by atoms with Gasteiger partial charge in [0.25, 0.3) is 5.91 Å². The van der Waals surface area contributed by atoms with Crippen molar-refractivity contribution in [1.29, 1.82) is 0 Å². The van der Waals surface area contributed by atoms with Crippen molar-refractivity contribution in [2.45, 2.75) is 37.1 Å². The minimum absolute atomic E-state index is 0.0698. The molecule has 1 fully saturated rings. The number of sulfonamides is 1. The monoisotopic (exact) mass is 487 g/mol. The van der Waals surface area contributed by atoms with Crippen molar-refractivity contribution in [2.24, 2.45) is 4.99 Å². The Bertz CT molecular complexity index is 1330. The minimum atomic E-state index is -3.59. The maximum absolute atomic E-state index is 13.0. The summed E-state index contributed by atoms with van der Waals surface area (Å²) in [4.78, 5) is 29.5. The molecule has 2 aromatic carbocycles. The van der Waals surface area contributed by atoms with Crippen LogP contribution in [0, 0.1) is 0 Å². The Kier molecular flexibility index (Phi) is 7.06. The van der Waals surface area contributed by atoms with Crippen molar-refractivity contribution in [3.05, 3.63) is 58.9 Å². The molecule has 0 radical (unpaired) electrons. The van der Waals surface area contributed by atoms with Gasteiger partial charge in [0.05, 0.1) is 22.2 Å². The number of fused-ring (bicyclic) bond motifs is 1. The lowest BCUT2D eigenvalue weighted by molar-refractivity contribution is -0.141. The van der Waals surface area contributed by atoms with E-state index >= 15 is 0 Å². The molecule has 0 spiro atoms. The summed E-state index contributed by atoms with van der Waals surface area (Å²) in [5.74, 6) is -0.964. The van der Waals surface area contributed by atoms with Crippen LogP contribution < -0.4 is 4.80 Å². The van der Waals surface area contributed by atoms with Gasteiger partial charge < -0.3 is 9.30 Å². The fraction of sp³-hybridized carbons (Fsp3) is 0.348. The summed E-state index contributed by atoms with van der Waals surface area (Å²) < 4.78 is 34.7. The molecule has 0 aliphatic carbocycles. The van der Waals surface area contributed by atoms with E-state index < -0.39 is 21.9 Å². The number of esters is 1. The number of benzene rings is 2. The summed E-state index contributed by atoms with van der Waals surface area (Å²) in [7, 11) is -2.28. The second-order valence-corrected chi connectivity index (χ2v) is 10.7. The van der Waals surface area contributed by atoms with Gasteiger partial charge in [-0.1, -0.05) is 36.3 Å². The highest BCUT2D eigenvalue weighted by molar-refractivity contribution is 7.89. The van der Waals surface area contributed by atoms with Gasteiger partial charge in [-0.2, -0.15) is 9.30 Å². The number of para-hydroxylation sites is 1. The number of carbonyl (C=O) groups excluding carboxylic acids is 2. The molecule has 0 bridgehead atoms. The van der Waals surface area contributed by atoms with Gasteiger partial charge in [-0.15, -0.1) is 0 Å². The van der Waals surface area contributed by atoms with Crippen LogP contribution >= 0.6 is 11.3 Å². The predicted molar refractivity (Wildman–Crippen MR) is 125 cm³/mol. The first-order valence-electron chi connectivity index (χ1n) is 10.7. The van der Waals surface area contributed by atoms with Crippen molar-refractivity contribution in [3.63, 3.8) is 0 Å². The second kappa shape index (κ2) is 9.98. The molecular weight excluding hydrogens is 462 g/mol. The molecule has 0 unspecified atom stereocenters. The summed E-state index contributed by atoms with van der Waals surface area (Å²) >= 11 is 1.29. The average Bonchev–Trinajstić information content (AvgIpc) is 2.98. The molecule has 0 atom stereocenters. The number of amides is 1. The van der Waals surface area contributed by atoms with E-state index in [0.29, 0.717) is 17.9 Å². The third kappa shape index (κ3) is 5.07. The van der Waals surface area contributed by atoms with Crippen LogP contribution in [0.5, 0.6) is 0 Å². The van der Waals surface area contributed by atoms with Crippen LogP contribution in [0.4, 0.5) is 0 Å². The van der Waals surface area contributed by atoms with Crippen LogP contribution in [0.25, 0.3) is 10.2 Å². The number of rotatable bonds is 5. The van der Waals surface area contributed by atoms with Crippen molar-refractivity contribution in [3.8, 4) is 0 Å². The highest BCUT2D eigenvalue weighted by Gasteiger charge is 2.25. The Balaban J connectivity index is 1.63. The van der Waals surface area contributed by atoms with Gasteiger partial charge >= 0.3 is 5.97 Å². The van der Waals surface area contributed by atoms with Gasteiger partial charge in [0, 0.05) is 18.7 Å². The number of aromatic nitrogens is 1. The molecule has 8 nitrogen and oxygen atoms in total. The van der Waals surface area contributed by atoms with Crippen LogP contribution in [0.1, 0.15) is 36.0 Å². The Hall–Kier alpha value is -2.82. The molecule has 1 aliphatic rings. The van der Waals surface area contributed by atoms with Crippen molar-refractivity contribution < 1.29 is 22.7 Å². The van der Waals surface area contributed by atoms with Gasteiger partial charge in [0.15, 0.2) is 4.80 Å². The van der Waals surface area contributed by atoms with E-state index in [2.05, 4.69) is 4.99 Å². The Labute approximate surface area is 196 Å². The molecule has 1 aromatic heterocycles. The fourth-order valence-corrected chi connectivity index (χ4v) is 6.35. The summed E-state index contributed by atoms with van der Waals surface area (Å²) in [6.45, 7) is 0.967. The van der Waals surface area contributed by atoms with Gasteiger partial charge in [-0.3, -0.25) is 9.59 Å². The molecule has 33 heavy (non-hydrogen) atoms. The predicted octanol–water partition coefficient (Wildman–Crippen LogP) is 3.18. The molecule has 2 heterocycles. The van der Waals surface area contributed by atoms with E-state index in [4.69, 9.17) is 4.74 Å². The molecule has 10 heteroatoms. The number of ether oxygens (including phenoxy) is 1. The molecule has 3 aromatic rings. The lowest BCUT2D eigenvalue weighted by Crippen LogP contribution is -2.31. The Morgan fingerprint density at radius 2 is 1.67 bits per heavy atom. The molecule has 1 aliphatic heterocycles. The number of methoxy groups -OCH3 is 1. The zero-order chi connectivity index (χ0) is 23.4. The normalized spacial score (nSPS) is 16.0. The lowest BCUT2D eigenvalue weighted by atomic mass is 10.2. The zero-order valence-electron chi connectivity index (χ0n) is 18.3. The first kappa shape index (κ1) is 23.3. The third-order valence-electron chi connectivity index (χ3n) is 5.60. The summed E-state index contributed by atoms with van der Waals surface area (Å²) in [5, 5.41) is 0. The lowest BCUT2D eigenvalue weighted by Gasteiger charge is -2.19. The zero-order valence-corrected chi connectivity index (χ0v) is 19.9. The highest BCUT2D eigenvalue weighted by Crippen LogP contribution is 2.21. The first-order valence-corrected chi connectivity index (χ1v) is 13.0. The second-order valence-electron chi connectivity index (χ2n) is 7.77. The summed E-state index contributed by atoms with van der Waals surface area (Å²) in [6, 6.07) is 13.3. The van der Waals surface area contributed by atoms with E-state index in [0.717, 1.165) is 35.9 Å². The molecular formula is C23H25N3O5S2. The fourth-order valence-electron chi connectivity index (χ4n) is 3.80. The van der Waals surface area contributed by atoms with Crippen LogP contribution in [0.15, 0.2) is 58.4 Å². The maximum Gasteiger partial charge on any atom is 0.325 e. The smallest absolute Gasteiger partial charge is 0.325 e. The number of hydrogen-bond donors (Lipinski definition) is 0. The van der Waals surface area contributed by atoms with Crippen molar-refractivity contribution in [2.75, 3.05) is 20.2 Å². The molecule has 0 N–H and O–H groups in total. The SMILES string of the molecule is COC(=O)Cn1c(=NC(=O)c2ccc(S(=O)(=O)N3CCCCCC3)cc2)sc2ccccc21. The highest BCUT2D eigenvalue weighted by atomic mass is 32.2. The van der Waals surface area contributed by atoms with E-state index in [1.807, 2.05) is 24.3 Å². The molecule has 1 amide bonds. The molecule has 0 saturated carbocycles. The standard InChI is InChI=1S/C23H25N3O5S2/c1-31-21(27)16-26-19-8-4-5-9-20(19)32-23(26)24-22(28)17-10-12-18(13-11-17)33(29,30)25-14-6-2-3-7-15-25/h4-5,8-13H,2-3,6-7,14-16H2,1H3. The van der Waals surface area contributed by atoms with E-state index in [-0.39, 0.29) is 17.0 Å². The van der Waals surface area contributed by atoms with Gasteiger partial charge in [0.2, 0.25) is 10.0 Å². The summed E-state index contributed by atoms with van der Waals surface area (Å²) in [6.07, 6.45) is 3.79. The van der Waals surface area contributed by atoms with Crippen molar-refractivity contribution in [1.82, 2.24) is 8.87 Å². The van der Waals surface area contributed by atoms with Gasteiger partial charge in [0.1, 0.15) is 6.54 Å². The maximum atomic E-state index is 13.0. The minimum Gasteiger partial charge on any atom is -0.468 e. The van der Waals surface area contributed by atoms with Crippen LogP contribution in [-0.2, 0) is 26.1 Å². The number of hydrogen-bond acceptors (Lipinski definition) is 6. The van der Waals surface area contributed by atoms with E-state index in [1.54, 1.807) is 4.57 Å². The quantitative estimate of drug-likeness (QED) is 0.515. The van der Waals surface area contributed by atoms with E-state index in [9.17, 15) is 18.0 Å². The van der Waals surface area contributed by atoms with E-state index in [1.165, 1.54) is 47.0 Å². The summed E-state index contributed by atoms with van der Waals surface area (Å²) in [5.41, 5.74) is 1.05. The molecule has 4 rings (SSSR count). The van der Waals surface area contributed by atoms with Crippen LogP contribution in [0.2, 0.25) is 0 Å². The Morgan fingerprint density at radius 1 is 1.00 bits per heavy atom. The van der Waals surface area contributed by atoms with Gasteiger partial charge in [-0.05, 0) is 49.2 Å². The van der Waals surface area contributed by atoms with Crippen LogP contribution in [0.3, 0.4) is 0 Å². The average molecular weight is 488 g/mol. The van der Waals surface area contributed by atoms with Gasteiger partial charge in [-0.25, -0.2) is 8.42 Å². The molecule has 174 valence electrons.